The van der Waals surface area contributed by atoms with Crippen LogP contribution in [0.4, 0.5) is 0 Å². The number of aromatic nitrogens is 2. The quantitative estimate of drug-likeness (QED) is 0.784. The summed E-state index contributed by atoms with van der Waals surface area (Å²) in [5.74, 6) is 0. The third-order valence-electron chi connectivity index (χ3n) is 4.13. The zero-order valence-corrected chi connectivity index (χ0v) is 14.4. The van der Waals surface area contributed by atoms with Gasteiger partial charge in [-0.25, -0.2) is 0 Å². The standard InChI is InChI=1S/C20H23N3O/c1-22(2)13-15-7-8-19(18(11-15)14-24)16-5-4-6-17(12-16)20-9-10-21-23(20)3/h4-12,24H,13-14H2,1-3H3. The van der Waals surface area contributed by atoms with Gasteiger partial charge in [0.15, 0.2) is 0 Å². The van der Waals surface area contributed by atoms with E-state index in [0.29, 0.717) is 0 Å². The molecule has 4 nitrogen and oxygen atoms in total. The van der Waals surface area contributed by atoms with Gasteiger partial charge in [-0.2, -0.15) is 5.10 Å². The summed E-state index contributed by atoms with van der Waals surface area (Å²) in [7, 11) is 6.03. The van der Waals surface area contributed by atoms with E-state index in [1.165, 1.54) is 5.56 Å². The van der Waals surface area contributed by atoms with Crippen LogP contribution in [0.5, 0.6) is 0 Å². The highest BCUT2D eigenvalue weighted by Gasteiger charge is 2.09. The second kappa shape index (κ2) is 6.99. The molecule has 1 aromatic heterocycles. The van der Waals surface area contributed by atoms with Crippen molar-refractivity contribution in [3.63, 3.8) is 0 Å². The van der Waals surface area contributed by atoms with Crippen LogP contribution >= 0.6 is 0 Å². The monoisotopic (exact) mass is 321 g/mol. The first-order valence-corrected chi connectivity index (χ1v) is 8.04. The zero-order valence-electron chi connectivity index (χ0n) is 14.4. The van der Waals surface area contributed by atoms with E-state index in [4.69, 9.17) is 0 Å². The van der Waals surface area contributed by atoms with Gasteiger partial charge in [-0.3, -0.25) is 4.68 Å². The Bertz CT molecular complexity index is 836. The molecule has 3 aromatic rings. The normalized spacial score (nSPS) is 11.2. The number of benzene rings is 2. The lowest BCUT2D eigenvalue weighted by atomic mass is 9.96. The van der Waals surface area contributed by atoms with Gasteiger partial charge in [0.25, 0.3) is 0 Å². The minimum Gasteiger partial charge on any atom is -0.392 e. The number of aliphatic hydroxyl groups is 1. The van der Waals surface area contributed by atoms with Crippen molar-refractivity contribution in [3.8, 4) is 22.4 Å². The van der Waals surface area contributed by atoms with E-state index >= 15 is 0 Å². The van der Waals surface area contributed by atoms with Gasteiger partial charge in [0, 0.05) is 25.4 Å². The summed E-state index contributed by atoms with van der Waals surface area (Å²) in [6.45, 7) is 0.898. The number of hydrogen-bond acceptors (Lipinski definition) is 3. The SMILES string of the molecule is CN(C)Cc1ccc(-c2cccc(-c3ccnn3C)c2)c(CO)c1. The van der Waals surface area contributed by atoms with Crippen molar-refractivity contribution in [2.45, 2.75) is 13.2 Å². The molecule has 0 saturated heterocycles. The van der Waals surface area contributed by atoms with E-state index in [1.54, 1.807) is 6.20 Å². The van der Waals surface area contributed by atoms with Crippen LogP contribution in [0.25, 0.3) is 22.4 Å². The van der Waals surface area contributed by atoms with Crippen molar-refractivity contribution in [2.75, 3.05) is 14.1 Å². The molecule has 0 aliphatic carbocycles. The van der Waals surface area contributed by atoms with Gasteiger partial charge in [-0.15, -0.1) is 0 Å². The Balaban J connectivity index is 2.01. The van der Waals surface area contributed by atoms with E-state index in [1.807, 2.05) is 38.0 Å². The Kier molecular flexibility index (Phi) is 4.79. The van der Waals surface area contributed by atoms with Gasteiger partial charge < -0.3 is 10.0 Å². The average Bonchev–Trinajstić information content (AvgIpc) is 3.00. The molecule has 3 rings (SSSR count). The highest BCUT2D eigenvalue weighted by atomic mass is 16.3. The van der Waals surface area contributed by atoms with Gasteiger partial charge in [0.05, 0.1) is 12.3 Å². The molecule has 0 amide bonds. The van der Waals surface area contributed by atoms with E-state index < -0.39 is 0 Å². The maximum Gasteiger partial charge on any atom is 0.0687 e. The van der Waals surface area contributed by atoms with Crippen LogP contribution in [0, 0.1) is 0 Å². The smallest absolute Gasteiger partial charge is 0.0687 e. The van der Waals surface area contributed by atoms with Crippen molar-refractivity contribution in [1.29, 1.82) is 0 Å². The molecule has 0 saturated carbocycles. The Morgan fingerprint density at radius 3 is 2.50 bits per heavy atom. The fraction of sp³-hybridized carbons (Fsp3) is 0.250. The first-order valence-electron chi connectivity index (χ1n) is 8.04. The van der Waals surface area contributed by atoms with Gasteiger partial charge in [0.2, 0.25) is 0 Å². The van der Waals surface area contributed by atoms with E-state index in [-0.39, 0.29) is 6.61 Å². The Morgan fingerprint density at radius 1 is 1.04 bits per heavy atom. The topological polar surface area (TPSA) is 41.3 Å². The van der Waals surface area contributed by atoms with Crippen LogP contribution in [0.2, 0.25) is 0 Å². The minimum atomic E-state index is 0.0343. The van der Waals surface area contributed by atoms with Crippen molar-refractivity contribution < 1.29 is 5.11 Å². The van der Waals surface area contributed by atoms with E-state index in [0.717, 1.165) is 34.5 Å². The first-order chi connectivity index (χ1) is 11.6. The van der Waals surface area contributed by atoms with Crippen molar-refractivity contribution in [2.24, 2.45) is 7.05 Å². The molecule has 0 bridgehead atoms. The zero-order chi connectivity index (χ0) is 17.1. The van der Waals surface area contributed by atoms with Crippen LogP contribution in [0.15, 0.2) is 54.7 Å². The molecular formula is C20H23N3O. The second-order valence-corrected chi connectivity index (χ2v) is 6.31. The summed E-state index contributed by atoms with van der Waals surface area (Å²) in [6.07, 6.45) is 1.80. The van der Waals surface area contributed by atoms with Crippen LogP contribution in [-0.2, 0) is 20.2 Å². The Labute approximate surface area is 143 Å². The first kappa shape index (κ1) is 16.4. The molecule has 0 spiro atoms. The number of hydrogen-bond donors (Lipinski definition) is 1. The lowest BCUT2D eigenvalue weighted by Crippen LogP contribution is -2.11. The summed E-state index contributed by atoms with van der Waals surface area (Å²) in [5.41, 5.74) is 6.53. The lowest BCUT2D eigenvalue weighted by molar-refractivity contribution is 0.282. The fourth-order valence-electron chi connectivity index (χ4n) is 3.03. The summed E-state index contributed by atoms with van der Waals surface area (Å²) in [4.78, 5) is 2.12. The van der Waals surface area contributed by atoms with Crippen LogP contribution in [0.3, 0.4) is 0 Å². The maximum atomic E-state index is 9.81. The molecule has 0 fully saturated rings. The molecule has 0 unspecified atom stereocenters. The molecule has 24 heavy (non-hydrogen) atoms. The van der Waals surface area contributed by atoms with Gasteiger partial charge >= 0.3 is 0 Å². The van der Waals surface area contributed by atoms with E-state index in [2.05, 4.69) is 46.4 Å². The van der Waals surface area contributed by atoms with Crippen molar-refractivity contribution in [1.82, 2.24) is 14.7 Å². The Hall–Kier alpha value is -2.43. The maximum absolute atomic E-state index is 9.81. The highest BCUT2D eigenvalue weighted by Crippen LogP contribution is 2.29. The molecule has 124 valence electrons. The molecule has 0 aliphatic heterocycles. The average molecular weight is 321 g/mol. The molecule has 2 aromatic carbocycles. The van der Waals surface area contributed by atoms with Crippen LogP contribution in [-0.4, -0.2) is 33.9 Å². The Morgan fingerprint density at radius 2 is 1.83 bits per heavy atom. The molecular weight excluding hydrogens is 298 g/mol. The highest BCUT2D eigenvalue weighted by molar-refractivity contribution is 5.73. The van der Waals surface area contributed by atoms with Gasteiger partial charge in [-0.05, 0) is 48.5 Å². The molecule has 0 aliphatic rings. The van der Waals surface area contributed by atoms with Gasteiger partial charge in [0.1, 0.15) is 0 Å². The molecule has 0 radical (unpaired) electrons. The third-order valence-corrected chi connectivity index (χ3v) is 4.13. The third kappa shape index (κ3) is 3.40. The number of aryl methyl sites for hydroxylation is 1. The summed E-state index contributed by atoms with van der Waals surface area (Å²) in [5, 5.41) is 14.0. The number of aliphatic hydroxyl groups excluding tert-OH is 1. The predicted molar refractivity (Wildman–Crippen MR) is 97.4 cm³/mol. The largest absolute Gasteiger partial charge is 0.392 e. The minimum absolute atomic E-state index is 0.0343. The molecule has 1 heterocycles. The summed E-state index contributed by atoms with van der Waals surface area (Å²) in [6, 6.07) is 16.7. The second-order valence-electron chi connectivity index (χ2n) is 6.31. The molecule has 0 atom stereocenters. The van der Waals surface area contributed by atoms with Gasteiger partial charge in [-0.1, -0.05) is 36.4 Å². The molecule has 4 heteroatoms. The number of rotatable bonds is 5. The number of nitrogens with zero attached hydrogens (tertiary/aromatic N) is 3. The predicted octanol–water partition coefficient (Wildman–Crippen LogP) is 3.31. The summed E-state index contributed by atoms with van der Waals surface area (Å²) < 4.78 is 1.87. The van der Waals surface area contributed by atoms with E-state index in [9.17, 15) is 5.11 Å². The fourth-order valence-corrected chi connectivity index (χ4v) is 3.03. The summed E-state index contributed by atoms with van der Waals surface area (Å²) >= 11 is 0. The van der Waals surface area contributed by atoms with Crippen molar-refractivity contribution in [3.05, 3.63) is 65.9 Å². The van der Waals surface area contributed by atoms with Crippen LogP contribution in [0.1, 0.15) is 11.1 Å². The molecule has 1 N–H and O–H groups in total. The van der Waals surface area contributed by atoms with Crippen LogP contribution < -0.4 is 0 Å². The van der Waals surface area contributed by atoms with Crippen molar-refractivity contribution >= 4 is 0 Å². The lowest BCUT2D eigenvalue weighted by Gasteiger charge is -2.14.